The molecule has 8 nitrogen and oxygen atoms in total. The van der Waals surface area contributed by atoms with Crippen LogP contribution < -0.4 is 20.9 Å². The molecule has 1 amide bonds. The van der Waals surface area contributed by atoms with Gasteiger partial charge in [-0.3, -0.25) is 9.79 Å². The molecule has 0 saturated heterocycles. The highest BCUT2D eigenvalue weighted by Crippen LogP contribution is 2.30. The number of aromatic nitrogens is 2. The van der Waals surface area contributed by atoms with Crippen LogP contribution in [-0.4, -0.2) is 22.1 Å². The second-order valence-corrected chi connectivity index (χ2v) is 8.17. The Hall–Kier alpha value is -4.14. The normalized spacial score (nSPS) is 12.5. The molecule has 35 heavy (non-hydrogen) atoms. The highest BCUT2D eigenvalue weighted by molar-refractivity contribution is 6.34. The molecule has 0 atom stereocenters. The summed E-state index contributed by atoms with van der Waals surface area (Å²) in [6.07, 6.45) is 10.1. The number of hydrogen-bond acceptors (Lipinski definition) is 7. The van der Waals surface area contributed by atoms with E-state index in [-0.39, 0.29) is 5.91 Å². The summed E-state index contributed by atoms with van der Waals surface area (Å²) in [5.41, 5.74) is 3.92. The van der Waals surface area contributed by atoms with Gasteiger partial charge in [0.05, 0.1) is 16.9 Å². The number of allylic oxidation sites excluding steroid dienone is 2. The summed E-state index contributed by atoms with van der Waals surface area (Å²) in [4.78, 5) is 26.5. The summed E-state index contributed by atoms with van der Waals surface area (Å²) >= 11 is 12.6. The van der Waals surface area contributed by atoms with E-state index in [0.29, 0.717) is 33.2 Å². The van der Waals surface area contributed by atoms with E-state index in [2.05, 4.69) is 37.5 Å². The summed E-state index contributed by atoms with van der Waals surface area (Å²) in [6.45, 7) is 5.42. The maximum Gasteiger partial charge on any atom is 0.247 e. The average molecular weight is 506 g/mol. The molecule has 1 aliphatic rings. The van der Waals surface area contributed by atoms with Crippen LogP contribution in [0.1, 0.15) is 6.92 Å². The first-order valence-corrected chi connectivity index (χ1v) is 11.2. The predicted molar refractivity (Wildman–Crippen MR) is 144 cm³/mol. The summed E-state index contributed by atoms with van der Waals surface area (Å²) in [7, 11) is 0. The molecule has 0 radical (unpaired) electrons. The van der Waals surface area contributed by atoms with E-state index in [1.807, 2.05) is 48.4 Å². The third-order valence-electron chi connectivity index (χ3n) is 4.87. The third-order valence-corrected chi connectivity index (χ3v) is 5.46. The molecular formula is C25H21Cl2N7O. The van der Waals surface area contributed by atoms with E-state index >= 15 is 0 Å². The largest absolute Gasteiger partial charge is 0.339 e. The molecule has 4 rings (SSSR count). The lowest BCUT2D eigenvalue weighted by Gasteiger charge is -2.20. The maximum atomic E-state index is 11.5. The molecule has 2 aromatic carbocycles. The lowest BCUT2D eigenvalue weighted by molar-refractivity contribution is -0.111. The minimum absolute atomic E-state index is 0.337. The van der Waals surface area contributed by atoms with Crippen LogP contribution in [0.25, 0.3) is 0 Å². The molecule has 1 aliphatic heterocycles. The van der Waals surface area contributed by atoms with Gasteiger partial charge in [-0.05, 0) is 61.5 Å². The van der Waals surface area contributed by atoms with Crippen molar-refractivity contribution < 1.29 is 4.79 Å². The number of halogens is 2. The first kappa shape index (κ1) is 24.0. The van der Waals surface area contributed by atoms with Gasteiger partial charge in [0.1, 0.15) is 5.02 Å². The van der Waals surface area contributed by atoms with Gasteiger partial charge in [0, 0.05) is 41.4 Å². The fraction of sp³-hybridized carbons (Fsp3) is 0.0400. The lowest BCUT2D eigenvalue weighted by Crippen LogP contribution is -2.12. The molecule has 0 unspecified atom stereocenters. The van der Waals surface area contributed by atoms with E-state index in [1.165, 1.54) is 12.3 Å². The van der Waals surface area contributed by atoms with Crippen LogP contribution in [-0.2, 0) is 4.79 Å². The van der Waals surface area contributed by atoms with Gasteiger partial charge in [-0.25, -0.2) is 4.98 Å². The van der Waals surface area contributed by atoms with Gasteiger partial charge in [-0.1, -0.05) is 29.8 Å². The number of amides is 1. The Morgan fingerprint density at radius 2 is 1.83 bits per heavy atom. The van der Waals surface area contributed by atoms with Crippen LogP contribution in [0.5, 0.6) is 0 Å². The number of aliphatic imine (C=N–C) groups is 1. The van der Waals surface area contributed by atoms with E-state index in [1.54, 1.807) is 30.6 Å². The fourth-order valence-corrected chi connectivity index (χ4v) is 3.52. The molecule has 0 bridgehead atoms. The number of benzene rings is 2. The van der Waals surface area contributed by atoms with Gasteiger partial charge in [0.15, 0.2) is 5.82 Å². The highest BCUT2D eigenvalue weighted by atomic mass is 35.5. The van der Waals surface area contributed by atoms with Crippen molar-refractivity contribution in [3.05, 3.63) is 95.5 Å². The zero-order chi connectivity index (χ0) is 24.8. The number of carbonyl (C=O) groups excluding carboxylic acids is 1. The first-order valence-electron chi connectivity index (χ1n) is 10.5. The van der Waals surface area contributed by atoms with Crippen molar-refractivity contribution in [3.63, 3.8) is 0 Å². The molecule has 1 aromatic heterocycles. The Kier molecular flexibility index (Phi) is 7.45. The highest BCUT2D eigenvalue weighted by Gasteiger charge is 2.10. The summed E-state index contributed by atoms with van der Waals surface area (Å²) < 4.78 is 0. The third kappa shape index (κ3) is 6.06. The number of nitrogens with zero attached hydrogens (tertiary/aromatic N) is 4. The van der Waals surface area contributed by atoms with E-state index in [4.69, 9.17) is 23.2 Å². The molecule has 0 fully saturated rings. The van der Waals surface area contributed by atoms with Crippen LogP contribution in [0.4, 0.5) is 34.5 Å². The van der Waals surface area contributed by atoms with Crippen LogP contribution >= 0.6 is 23.2 Å². The minimum Gasteiger partial charge on any atom is -0.339 e. The smallest absolute Gasteiger partial charge is 0.247 e. The monoisotopic (exact) mass is 505 g/mol. The Labute approximate surface area is 212 Å². The van der Waals surface area contributed by atoms with Crippen molar-refractivity contribution in [3.8, 4) is 0 Å². The first-order chi connectivity index (χ1) is 16.9. The topological polar surface area (TPSA) is 94.5 Å². The van der Waals surface area contributed by atoms with Crippen molar-refractivity contribution in [1.29, 1.82) is 0 Å². The summed E-state index contributed by atoms with van der Waals surface area (Å²) in [6, 6.07) is 12.9. The SMILES string of the molecule is C=CC(=O)Nc1ccc(Nc2nc(Nc3ccc(N4C=CC=NC=C4C)cc3)ncc2Cl)cc1Cl. The number of nitrogens with one attached hydrogen (secondary N) is 3. The second-order valence-electron chi connectivity index (χ2n) is 7.36. The Balaban J connectivity index is 1.47. The van der Waals surface area contributed by atoms with E-state index < -0.39 is 0 Å². The van der Waals surface area contributed by atoms with Crippen molar-refractivity contribution in [1.82, 2.24) is 9.97 Å². The molecule has 176 valence electrons. The van der Waals surface area contributed by atoms with Crippen LogP contribution in [0.3, 0.4) is 0 Å². The van der Waals surface area contributed by atoms with Gasteiger partial charge in [-0.15, -0.1) is 0 Å². The zero-order valence-corrected chi connectivity index (χ0v) is 20.2. The summed E-state index contributed by atoms with van der Waals surface area (Å²) in [5, 5.41) is 9.63. The molecular weight excluding hydrogens is 485 g/mol. The molecule has 0 aliphatic carbocycles. The second kappa shape index (κ2) is 10.9. The summed E-state index contributed by atoms with van der Waals surface area (Å²) in [5.74, 6) is 0.415. The standard InChI is InChI=1S/C25H21Cl2N7O/c1-3-23(35)32-22-10-7-18(13-20(22)26)30-24-21(27)15-29-25(33-24)31-17-5-8-19(9-6-17)34-12-4-11-28-14-16(34)2/h3-15H,1H2,2H3,(H,32,35)(H2,29,30,31,33). The van der Waals surface area contributed by atoms with Crippen molar-refractivity contribution in [2.24, 2.45) is 4.99 Å². The molecule has 3 N–H and O–H groups in total. The molecule has 2 heterocycles. The zero-order valence-electron chi connectivity index (χ0n) is 18.7. The van der Waals surface area contributed by atoms with Crippen LogP contribution in [0.15, 0.2) is 90.5 Å². The van der Waals surface area contributed by atoms with Gasteiger partial charge in [-0.2, -0.15) is 4.98 Å². The van der Waals surface area contributed by atoms with Crippen molar-refractivity contribution in [2.75, 3.05) is 20.9 Å². The Morgan fingerprint density at radius 1 is 1.06 bits per heavy atom. The predicted octanol–water partition coefficient (Wildman–Crippen LogP) is 6.66. The van der Waals surface area contributed by atoms with E-state index in [9.17, 15) is 4.79 Å². The maximum absolute atomic E-state index is 11.5. The lowest BCUT2D eigenvalue weighted by atomic mass is 10.2. The molecule has 0 saturated carbocycles. The number of carbonyl (C=O) groups is 1. The van der Waals surface area contributed by atoms with Gasteiger partial charge < -0.3 is 20.9 Å². The van der Waals surface area contributed by atoms with Gasteiger partial charge in [0.2, 0.25) is 11.9 Å². The molecule has 0 spiro atoms. The molecule has 3 aromatic rings. The Morgan fingerprint density at radius 3 is 2.57 bits per heavy atom. The minimum atomic E-state index is -0.348. The fourth-order valence-electron chi connectivity index (χ4n) is 3.16. The van der Waals surface area contributed by atoms with Crippen LogP contribution in [0, 0.1) is 0 Å². The van der Waals surface area contributed by atoms with Crippen LogP contribution in [0.2, 0.25) is 10.0 Å². The number of hydrogen-bond donors (Lipinski definition) is 3. The average Bonchev–Trinajstić information content (AvgIpc) is 3.07. The van der Waals surface area contributed by atoms with Crippen molar-refractivity contribution in [2.45, 2.75) is 6.92 Å². The van der Waals surface area contributed by atoms with Crippen molar-refractivity contribution >= 4 is 69.8 Å². The quantitative estimate of drug-likeness (QED) is 0.310. The van der Waals surface area contributed by atoms with Gasteiger partial charge >= 0.3 is 0 Å². The number of anilines is 6. The Bertz CT molecular complexity index is 1350. The van der Waals surface area contributed by atoms with Gasteiger partial charge in [0.25, 0.3) is 0 Å². The van der Waals surface area contributed by atoms with E-state index in [0.717, 1.165) is 17.1 Å². The molecule has 10 heteroatoms. The number of rotatable bonds is 7.